The van der Waals surface area contributed by atoms with Gasteiger partial charge in [0.15, 0.2) is 0 Å². The van der Waals surface area contributed by atoms with Crippen LogP contribution in [0.15, 0.2) is 128 Å². The molecule has 0 N–H and O–H groups in total. The van der Waals surface area contributed by atoms with Crippen LogP contribution < -0.4 is 28.4 Å². The number of benzene rings is 6. The maximum absolute atomic E-state index is 6.94. The van der Waals surface area contributed by atoms with Crippen molar-refractivity contribution in [1.82, 2.24) is 45.0 Å². The van der Waals surface area contributed by atoms with E-state index in [-0.39, 0.29) is 75.7 Å². The number of methoxy groups -OCH3 is 3. The summed E-state index contributed by atoms with van der Waals surface area (Å²) in [5.41, 5.74) is 12.9. The highest BCUT2D eigenvalue weighted by molar-refractivity contribution is 5.50. The van der Waals surface area contributed by atoms with Gasteiger partial charge in [0.25, 0.3) is 0 Å². The summed E-state index contributed by atoms with van der Waals surface area (Å²) in [7, 11) is 4.98. The number of fused-ring (bicyclic) bond motifs is 6. The molecular weight excluding hydrogens is 1100 g/mol. The fourth-order valence-corrected chi connectivity index (χ4v) is 10.2. The lowest BCUT2D eigenvalue weighted by atomic mass is 9.84. The Bertz CT molecular complexity index is 3280. The van der Waals surface area contributed by atoms with E-state index in [2.05, 4.69) is 130 Å². The number of hydrogen-bond acceptors (Lipinski definition) is 15. The number of ether oxygens (including phenoxy) is 9. The molecule has 18 heteroatoms. The van der Waals surface area contributed by atoms with E-state index in [1.165, 1.54) is 0 Å². The number of aromatic nitrogens is 9. The number of rotatable bonds is 18. The normalized spacial score (nSPS) is 13.4. The summed E-state index contributed by atoms with van der Waals surface area (Å²) in [6, 6.07) is 36.9. The molecule has 0 spiro atoms. The van der Waals surface area contributed by atoms with Crippen LogP contribution in [0.5, 0.6) is 34.5 Å². The van der Waals surface area contributed by atoms with Crippen LogP contribution in [0.2, 0.25) is 0 Å². The average molecular weight is 1180 g/mol. The lowest BCUT2D eigenvalue weighted by Crippen LogP contribution is -2.16. The summed E-state index contributed by atoms with van der Waals surface area (Å²) in [5, 5.41) is 27.1. The second kappa shape index (κ2) is 27.0. The Morgan fingerprint density at radius 2 is 0.586 bits per heavy atom. The zero-order valence-corrected chi connectivity index (χ0v) is 52.3. The van der Waals surface area contributed by atoms with Gasteiger partial charge in [-0.1, -0.05) is 114 Å². The average Bonchev–Trinajstić information content (AvgIpc) is 2.20. The largest absolute Gasteiger partial charge is 0.497 e. The van der Waals surface area contributed by atoms with Crippen molar-refractivity contribution in [2.45, 2.75) is 158 Å². The summed E-state index contributed by atoms with van der Waals surface area (Å²) in [5.74, 6) is 4.33. The minimum Gasteiger partial charge on any atom is -0.497 e. The van der Waals surface area contributed by atoms with Gasteiger partial charge in [0.05, 0.1) is 99.2 Å². The Labute approximate surface area is 510 Å². The van der Waals surface area contributed by atoms with Crippen LogP contribution in [-0.2, 0) is 110 Å². The number of hydrogen-bond donors (Lipinski definition) is 0. The van der Waals surface area contributed by atoms with Crippen LogP contribution in [0, 0.1) is 0 Å². The van der Waals surface area contributed by atoms with Crippen molar-refractivity contribution < 1.29 is 42.6 Å². The third kappa shape index (κ3) is 16.1. The first-order chi connectivity index (χ1) is 41.8. The van der Waals surface area contributed by atoms with Crippen molar-refractivity contribution in [2.75, 3.05) is 21.3 Å². The van der Waals surface area contributed by atoms with Crippen LogP contribution in [0.1, 0.15) is 146 Å². The van der Waals surface area contributed by atoms with Crippen LogP contribution in [0.4, 0.5) is 0 Å². The van der Waals surface area contributed by atoms with Gasteiger partial charge in [-0.15, -0.1) is 15.3 Å². The summed E-state index contributed by atoms with van der Waals surface area (Å²) in [6.07, 6.45) is 5.75. The molecule has 0 amide bonds. The van der Waals surface area contributed by atoms with E-state index in [0.29, 0.717) is 54.0 Å². The van der Waals surface area contributed by atoms with Crippen LogP contribution >= 0.6 is 0 Å². The maximum Gasteiger partial charge on any atom is 0.134 e. The van der Waals surface area contributed by atoms with Gasteiger partial charge in [-0.05, 0) is 122 Å². The van der Waals surface area contributed by atoms with Crippen molar-refractivity contribution in [2.24, 2.45) is 0 Å². The fourth-order valence-electron chi connectivity index (χ4n) is 10.2. The topological polar surface area (TPSA) is 175 Å². The first-order valence-corrected chi connectivity index (χ1v) is 29.4. The smallest absolute Gasteiger partial charge is 0.134 e. The summed E-state index contributed by atoms with van der Waals surface area (Å²) >= 11 is 0. The molecule has 3 aromatic heterocycles. The molecular formula is C69H81N9O9. The quantitative estimate of drug-likeness (QED) is 0.0793. The molecule has 0 atom stereocenters. The first-order valence-electron chi connectivity index (χ1n) is 29.4. The molecule has 4 heterocycles. The van der Waals surface area contributed by atoms with Crippen LogP contribution in [0.25, 0.3) is 0 Å². The second-order valence-corrected chi connectivity index (χ2v) is 25.2. The van der Waals surface area contributed by atoms with Crippen molar-refractivity contribution in [1.29, 1.82) is 0 Å². The predicted octanol–water partition coefficient (Wildman–Crippen LogP) is 12.7. The van der Waals surface area contributed by atoms with E-state index >= 15 is 0 Å². The summed E-state index contributed by atoms with van der Waals surface area (Å²) in [4.78, 5) is 0. The van der Waals surface area contributed by atoms with Crippen molar-refractivity contribution in [3.05, 3.63) is 212 Å². The summed E-state index contributed by atoms with van der Waals surface area (Å²) < 4.78 is 63.1. The molecule has 6 bridgehead atoms. The summed E-state index contributed by atoms with van der Waals surface area (Å²) in [6.45, 7) is 23.2. The van der Waals surface area contributed by atoms with Gasteiger partial charge in [-0.25, -0.2) is 14.0 Å². The first kappa shape index (κ1) is 61.5. The molecule has 0 aliphatic carbocycles. The highest BCUT2D eigenvalue weighted by Gasteiger charge is 2.26. The van der Waals surface area contributed by atoms with Crippen molar-refractivity contribution >= 4 is 0 Å². The van der Waals surface area contributed by atoms with Gasteiger partial charge in [-0.2, -0.15) is 0 Å². The van der Waals surface area contributed by atoms with E-state index in [4.69, 9.17) is 42.6 Å². The molecule has 18 nitrogen and oxygen atoms in total. The Hall–Kier alpha value is -8.58. The molecule has 87 heavy (non-hydrogen) atoms. The van der Waals surface area contributed by atoms with E-state index in [1.54, 1.807) is 21.3 Å². The molecule has 0 unspecified atom stereocenters. The Morgan fingerprint density at radius 1 is 0.356 bits per heavy atom. The fraction of sp³-hybridized carbons (Fsp3) is 0.391. The van der Waals surface area contributed by atoms with E-state index < -0.39 is 0 Å². The van der Waals surface area contributed by atoms with Crippen LogP contribution in [-0.4, -0.2) is 66.3 Å². The molecule has 0 fully saturated rings. The van der Waals surface area contributed by atoms with Crippen molar-refractivity contribution in [3.8, 4) is 34.5 Å². The zero-order valence-electron chi connectivity index (χ0n) is 52.3. The third-order valence-electron chi connectivity index (χ3n) is 15.2. The molecule has 1 aliphatic rings. The lowest BCUT2D eigenvalue weighted by Gasteiger charge is -2.26. The van der Waals surface area contributed by atoms with Gasteiger partial charge in [0.2, 0.25) is 0 Å². The molecule has 9 aromatic rings. The molecule has 6 aromatic carbocycles. The Balaban J connectivity index is 1.03. The van der Waals surface area contributed by atoms with E-state index in [1.807, 2.05) is 105 Å². The third-order valence-corrected chi connectivity index (χ3v) is 15.2. The minimum atomic E-state index is -0.246. The SMILES string of the molecule is COc1ccc(Cn2cc(COc3c4cc(C(C)(C)C)cc3COCc3cc(C(C)(C)C)cc(c3OCc3cn(Cc5ccc(OC)cc5)nn3)COCc3cc(C(C)(C)C)cc(c3OCc3cn(Cc5ccc(OC)cc5)nn3)COC4)nn2)cc1. The van der Waals surface area contributed by atoms with Gasteiger partial charge < -0.3 is 42.6 Å². The highest BCUT2D eigenvalue weighted by Crippen LogP contribution is 2.39. The van der Waals surface area contributed by atoms with Crippen LogP contribution in [0.3, 0.4) is 0 Å². The molecule has 1 aliphatic heterocycles. The minimum absolute atomic E-state index is 0.150. The van der Waals surface area contributed by atoms with Gasteiger partial charge >= 0.3 is 0 Å². The number of nitrogens with zero attached hydrogens (tertiary/aromatic N) is 9. The lowest BCUT2D eigenvalue weighted by molar-refractivity contribution is 0.0892. The van der Waals surface area contributed by atoms with Gasteiger partial charge in [-0.3, -0.25) is 0 Å². The molecule has 0 saturated heterocycles. The Morgan fingerprint density at radius 3 is 0.793 bits per heavy atom. The van der Waals surface area contributed by atoms with E-state index in [0.717, 1.165) is 84.0 Å². The molecule has 10 rings (SSSR count). The van der Waals surface area contributed by atoms with Gasteiger partial charge in [0, 0.05) is 33.4 Å². The molecule has 0 radical (unpaired) electrons. The maximum atomic E-state index is 6.94. The van der Waals surface area contributed by atoms with Crippen molar-refractivity contribution in [3.63, 3.8) is 0 Å². The monoisotopic (exact) mass is 1180 g/mol. The standard InChI is InChI=1S/C69H81N9O9/c1-67(2,3)55-25-49-37-82-39-51-27-56(68(4,5)6)29-53(65(51)86-44-59-35-77(74-71-59)32-47-15-21-62(80-11)22-16-47)41-84-42-54-30-57(69(7,8)9)28-52(66(54)87-45-60-36-78(75-72-60)33-48-17-23-63(81-12)24-18-48)40-83-38-50(26-55)64(49)85-43-58-34-76(73-70-58)31-46-13-19-61(79-10)20-14-46/h13-30,34-36H,31-33,37-45H2,1-12H3. The highest BCUT2D eigenvalue weighted by atomic mass is 16.5. The Kier molecular flexibility index (Phi) is 19.1. The zero-order chi connectivity index (χ0) is 61.3. The van der Waals surface area contributed by atoms with E-state index in [9.17, 15) is 0 Å². The molecule has 0 saturated carbocycles. The van der Waals surface area contributed by atoms with Gasteiger partial charge in [0.1, 0.15) is 71.4 Å². The second-order valence-electron chi connectivity index (χ2n) is 25.2. The predicted molar refractivity (Wildman–Crippen MR) is 330 cm³/mol. The molecule has 456 valence electrons.